The molecule has 0 N–H and O–H groups in total. The fourth-order valence-electron chi connectivity index (χ4n) is 4.30. The molecule has 32 heavy (non-hydrogen) atoms. The Balaban J connectivity index is 1.76. The van der Waals surface area contributed by atoms with Crippen molar-refractivity contribution in [2.24, 2.45) is 5.92 Å². The molecule has 8 heteroatoms. The first-order valence-corrected chi connectivity index (χ1v) is 10.4. The molecule has 3 atom stereocenters. The summed E-state index contributed by atoms with van der Waals surface area (Å²) in [7, 11) is 1.55. The number of carbonyl (C=O) groups is 2. The van der Waals surface area contributed by atoms with Crippen LogP contribution in [-0.2, 0) is 9.53 Å². The lowest BCUT2D eigenvalue weighted by Crippen LogP contribution is -2.40. The second-order valence-electron chi connectivity index (χ2n) is 8.91. The number of likely N-dealkylation sites (tertiary alicyclic amines) is 1. The number of hydrogen-bond acceptors (Lipinski definition) is 7. The number of carbonyl (C=O) groups excluding carboxylic acids is 2. The van der Waals surface area contributed by atoms with E-state index in [4.69, 9.17) is 18.9 Å². The third kappa shape index (κ3) is 4.17. The number of nitrogens with zero attached hydrogens (tertiary/aromatic N) is 1. The molecule has 1 saturated heterocycles. The van der Waals surface area contributed by atoms with Crippen LogP contribution in [0.2, 0.25) is 0 Å². The molecule has 1 fully saturated rings. The van der Waals surface area contributed by atoms with Crippen LogP contribution in [0, 0.1) is 5.92 Å². The van der Waals surface area contributed by atoms with E-state index in [1.165, 1.54) is 4.90 Å². The largest absolute Gasteiger partial charge is 0.550 e. The van der Waals surface area contributed by atoms with Gasteiger partial charge in [0.25, 0.3) is 0 Å². The van der Waals surface area contributed by atoms with Gasteiger partial charge in [0.05, 0.1) is 13.2 Å². The predicted molar refractivity (Wildman–Crippen MR) is 112 cm³/mol. The van der Waals surface area contributed by atoms with E-state index >= 15 is 0 Å². The molecule has 0 saturated carbocycles. The Labute approximate surface area is 186 Å². The molecule has 2 aromatic rings. The van der Waals surface area contributed by atoms with Gasteiger partial charge in [-0.3, -0.25) is 4.90 Å². The van der Waals surface area contributed by atoms with Crippen molar-refractivity contribution in [3.8, 4) is 17.2 Å². The van der Waals surface area contributed by atoms with Crippen LogP contribution in [-0.4, -0.2) is 43.0 Å². The van der Waals surface area contributed by atoms with Crippen LogP contribution in [0.5, 0.6) is 17.2 Å². The molecule has 8 nitrogen and oxygen atoms in total. The first-order valence-electron chi connectivity index (χ1n) is 10.4. The Hall–Kier alpha value is -3.42. The summed E-state index contributed by atoms with van der Waals surface area (Å²) in [6.07, 6.45) is -0.576. The third-order valence-electron chi connectivity index (χ3n) is 5.69. The summed E-state index contributed by atoms with van der Waals surface area (Å²) < 4.78 is 21.7. The maximum Gasteiger partial charge on any atom is 0.410 e. The number of aliphatic carboxylic acids is 1. The minimum Gasteiger partial charge on any atom is -0.550 e. The topological polar surface area (TPSA) is 97.4 Å². The highest BCUT2D eigenvalue weighted by atomic mass is 16.7. The van der Waals surface area contributed by atoms with Gasteiger partial charge in [-0.05, 0) is 56.2 Å². The Kier molecular flexibility index (Phi) is 5.62. The highest BCUT2D eigenvalue weighted by molar-refractivity contribution is 5.76. The Morgan fingerprint density at radius 1 is 1.03 bits per heavy atom. The number of rotatable bonds is 4. The minimum atomic E-state index is -1.24. The average molecular weight is 440 g/mol. The van der Waals surface area contributed by atoms with Crippen LogP contribution in [0.1, 0.15) is 43.9 Å². The summed E-state index contributed by atoms with van der Waals surface area (Å²) in [5.41, 5.74) is 0.664. The second-order valence-corrected chi connectivity index (χ2v) is 8.91. The molecule has 0 aliphatic carbocycles. The van der Waals surface area contributed by atoms with Gasteiger partial charge in [-0.2, -0.15) is 0 Å². The van der Waals surface area contributed by atoms with Crippen molar-refractivity contribution in [3.05, 3.63) is 53.6 Å². The maximum atomic E-state index is 13.1. The molecular weight excluding hydrogens is 414 g/mol. The van der Waals surface area contributed by atoms with Gasteiger partial charge in [-0.15, -0.1) is 0 Å². The summed E-state index contributed by atoms with van der Waals surface area (Å²) in [5.74, 6) is -0.957. The van der Waals surface area contributed by atoms with Crippen molar-refractivity contribution < 1.29 is 33.6 Å². The summed E-state index contributed by atoms with van der Waals surface area (Å²) >= 11 is 0. The van der Waals surface area contributed by atoms with Crippen LogP contribution < -0.4 is 19.3 Å². The van der Waals surface area contributed by atoms with Gasteiger partial charge in [0.15, 0.2) is 11.5 Å². The molecule has 0 bridgehead atoms. The Bertz CT molecular complexity index is 1010. The molecular formula is C24H26NO7-. The van der Waals surface area contributed by atoms with E-state index in [-0.39, 0.29) is 13.3 Å². The van der Waals surface area contributed by atoms with Gasteiger partial charge in [-0.1, -0.05) is 18.2 Å². The fraction of sp³-hybridized carbons (Fsp3) is 0.417. The number of fused-ring (bicyclic) bond motifs is 1. The highest BCUT2D eigenvalue weighted by Crippen LogP contribution is 2.48. The van der Waals surface area contributed by atoms with Gasteiger partial charge in [0.2, 0.25) is 6.79 Å². The lowest BCUT2D eigenvalue weighted by molar-refractivity contribution is -0.312. The number of benzene rings is 2. The van der Waals surface area contributed by atoms with E-state index in [1.54, 1.807) is 70.3 Å². The normalized spacial score (nSPS) is 22.0. The van der Waals surface area contributed by atoms with E-state index in [2.05, 4.69) is 0 Å². The van der Waals surface area contributed by atoms with E-state index in [1.807, 2.05) is 0 Å². The number of hydrogen-bond donors (Lipinski definition) is 0. The van der Waals surface area contributed by atoms with E-state index in [0.717, 1.165) is 5.56 Å². The number of ether oxygens (including phenoxy) is 4. The second kappa shape index (κ2) is 8.26. The summed E-state index contributed by atoms with van der Waals surface area (Å²) in [6.45, 7) is 5.59. The molecule has 2 aromatic carbocycles. The molecule has 2 heterocycles. The summed E-state index contributed by atoms with van der Waals surface area (Å²) in [4.78, 5) is 27.0. The third-order valence-corrected chi connectivity index (χ3v) is 5.69. The van der Waals surface area contributed by atoms with Gasteiger partial charge >= 0.3 is 6.09 Å². The predicted octanol–water partition coefficient (Wildman–Crippen LogP) is 2.87. The minimum absolute atomic E-state index is 0.117. The van der Waals surface area contributed by atoms with Gasteiger partial charge in [-0.25, -0.2) is 4.79 Å². The lowest BCUT2D eigenvalue weighted by Gasteiger charge is -2.31. The van der Waals surface area contributed by atoms with Crippen molar-refractivity contribution in [1.82, 2.24) is 4.90 Å². The maximum absolute atomic E-state index is 13.1. The first kappa shape index (κ1) is 21.8. The van der Waals surface area contributed by atoms with E-state index < -0.39 is 35.5 Å². The SMILES string of the molecule is COc1ccc([C@H]2[C@H](C(=O)[O-])[C@@H](c3ccc4c(c3)OCO4)CN2C(=O)OC(C)(C)C)cc1. The monoisotopic (exact) mass is 440 g/mol. The van der Waals surface area contributed by atoms with Crippen molar-refractivity contribution in [3.63, 3.8) is 0 Å². The molecule has 170 valence electrons. The van der Waals surface area contributed by atoms with Gasteiger partial charge < -0.3 is 28.8 Å². The fourth-order valence-corrected chi connectivity index (χ4v) is 4.30. The zero-order chi connectivity index (χ0) is 23.0. The lowest BCUT2D eigenvalue weighted by atomic mass is 9.83. The summed E-state index contributed by atoms with van der Waals surface area (Å²) in [5, 5.41) is 12.4. The van der Waals surface area contributed by atoms with Crippen LogP contribution in [0.3, 0.4) is 0 Å². The van der Waals surface area contributed by atoms with Crippen molar-refractivity contribution in [2.75, 3.05) is 20.4 Å². The number of carboxylic acid groups (broad SMARTS) is 1. The Morgan fingerprint density at radius 3 is 2.31 bits per heavy atom. The molecule has 1 amide bonds. The first-order chi connectivity index (χ1) is 15.2. The smallest absolute Gasteiger partial charge is 0.410 e. The number of carboxylic acids is 1. The Morgan fingerprint density at radius 2 is 1.69 bits per heavy atom. The zero-order valence-corrected chi connectivity index (χ0v) is 18.5. The van der Waals surface area contributed by atoms with Gasteiger partial charge in [0, 0.05) is 24.3 Å². The molecule has 0 spiro atoms. The molecule has 2 aliphatic rings. The quantitative estimate of drug-likeness (QED) is 0.721. The van der Waals surface area contributed by atoms with Crippen molar-refractivity contribution in [1.29, 1.82) is 0 Å². The highest BCUT2D eigenvalue weighted by Gasteiger charge is 2.47. The van der Waals surface area contributed by atoms with Crippen LogP contribution in [0.15, 0.2) is 42.5 Å². The molecule has 0 aromatic heterocycles. The molecule has 0 unspecified atom stereocenters. The van der Waals surface area contributed by atoms with Gasteiger partial charge in [0.1, 0.15) is 11.4 Å². The summed E-state index contributed by atoms with van der Waals surface area (Å²) in [6, 6.07) is 11.6. The number of amides is 1. The molecule has 4 rings (SSSR count). The standard InChI is InChI=1S/C24H27NO7/c1-24(2,3)32-23(28)25-12-17(15-7-10-18-19(11-15)31-13-30-18)20(22(26)27)21(25)14-5-8-16(29-4)9-6-14/h5-11,17,20-21H,12-13H2,1-4H3,(H,26,27)/p-1/t17-,20-,21+/m1/s1. The van der Waals surface area contributed by atoms with E-state index in [0.29, 0.717) is 22.8 Å². The van der Waals surface area contributed by atoms with Crippen LogP contribution in [0.4, 0.5) is 4.79 Å². The number of methoxy groups -OCH3 is 1. The molecule has 0 radical (unpaired) electrons. The van der Waals surface area contributed by atoms with Crippen LogP contribution >= 0.6 is 0 Å². The average Bonchev–Trinajstić information content (AvgIpc) is 3.36. The van der Waals surface area contributed by atoms with Crippen LogP contribution in [0.25, 0.3) is 0 Å². The molecule has 2 aliphatic heterocycles. The van der Waals surface area contributed by atoms with Crippen molar-refractivity contribution in [2.45, 2.75) is 38.3 Å². The zero-order valence-electron chi connectivity index (χ0n) is 18.5. The van der Waals surface area contributed by atoms with Crippen molar-refractivity contribution >= 4 is 12.1 Å². The van der Waals surface area contributed by atoms with E-state index in [9.17, 15) is 14.7 Å².